The molecular formula is C17H23N3O. The number of nitrogens with zero attached hydrogens (tertiary/aromatic N) is 1. The summed E-state index contributed by atoms with van der Waals surface area (Å²) >= 11 is 0. The van der Waals surface area contributed by atoms with Crippen molar-refractivity contribution in [3.8, 4) is 5.69 Å². The molecule has 0 bridgehead atoms. The van der Waals surface area contributed by atoms with Crippen LogP contribution >= 0.6 is 0 Å². The van der Waals surface area contributed by atoms with Crippen LogP contribution in [0.4, 0.5) is 5.69 Å². The maximum absolute atomic E-state index is 11.6. The molecule has 4 nitrogen and oxygen atoms in total. The second-order valence-corrected chi connectivity index (χ2v) is 6.61. The summed E-state index contributed by atoms with van der Waals surface area (Å²) in [6.07, 6.45) is 8.54. The average Bonchev–Trinajstić information content (AvgIpc) is 2.88. The predicted octanol–water partition coefficient (Wildman–Crippen LogP) is 3.55. The van der Waals surface area contributed by atoms with Crippen LogP contribution in [0.5, 0.6) is 0 Å². The van der Waals surface area contributed by atoms with Crippen LogP contribution in [0.15, 0.2) is 41.5 Å². The van der Waals surface area contributed by atoms with Gasteiger partial charge in [-0.3, -0.25) is 4.57 Å². The normalized spacial score (nSPS) is 21.1. The monoisotopic (exact) mass is 285 g/mol. The molecule has 2 N–H and O–H groups in total. The standard InChI is InChI=1S/C17H23N3O/c1-17(2)10-4-3-5-15(17)19-13-6-8-14(9-7-13)20-12-11-18-16(20)21/h6-9,11-12,15,19H,3-5,10H2,1-2H3,(H,18,21). The lowest BCUT2D eigenvalue weighted by molar-refractivity contribution is 0.217. The summed E-state index contributed by atoms with van der Waals surface area (Å²) in [5, 5.41) is 3.66. The molecule has 1 aliphatic rings. The maximum atomic E-state index is 11.6. The molecule has 1 heterocycles. The highest BCUT2D eigenvalue weighted by atomic mass is 16.1. The third kappa shape index (κ3) is 2.89. The van der Waals surface area contributed by atoms with Crippen LogP contribution in [0.25, 0.3) is 5.69 Å². The zero-order valence-corrected chi connectivity index (χ0v) is 12.7. The van der Waals surface area contributed by atoms with Crippen molar-refractivity contribution in [2.45, 2.75) is 45.6 Å². The SMILES string of the molecule is CC1(C)CCCCC1Nc1ccc(-n2cc[nH]c2=O)cc1. The van der Waals surface area contributed by atoms with E-state index >= 15 is 0 Å². The summed E-state index contributed by atoms with van der Waals surface area (Å²) in [5.41, 5.74) is 2.25. The Bertz CT molecular complexity index is 651. The van der Waals surface area contributed by atoms with Crippen molar-refractivity contribution in [1.29, 1.82) is 0 Å². The first-order chi connectivity index (χ1) is 10.1. The molecular weight excluding hydrogens is 262 g/mol. The zero-order valence-electron chi connectivity index (χ0n) is 12.7. The molecule has 1 atom stereocenters. The number of hydrogen-bond donors (Lipinski definition) is 2. The second kappa shape index (κ2) is 5.43. The molecule has 0 amide bonds. The molecule has 2 aromatic rings. The van der Waals surface area contributed by atoms with Crippen LogP contribution in [0.2, 0.25) is 0 Å². The Balaban J connectivity index is 1.76. The lowest BCUT2D eigenvalue weighted by Gasteiger charge is -2.39. The predicted molar refractivity (Wildman–Crippen MR) is 86.0 cm³/mol. The molecule has 1 aliphatic carbocycles. The van der Waals surface area contributed by atoms with Gasteiger partial charge in [-0.2, -0.15) is 0 Å². The van der Waals surface area contributed by atoms with Crippen molar-refractivity contribution in [2.24, 2.45) is 5.41 Å². The molecule has 112 valence electrons. The highest BCUT2D eigenvalue weighted by molar-refractivity contribution is 5.49. The van der Waals surface area contributed by atoms with E-state index in [1.807, 2.05) is 12.1 Å². The molecule has 1 aromatic carbocycles. The van der Waals surface area contributed by atoms with Crippen LogP contribution < -0.4 is 11.0 Å². The van der Waals surface area contributed by atoms with Gasteiger partial charge in [0.15, 0.2) is 0 Å². The van der Waals surface area contributed by atoms with Crippen molar-refractivity contribution in [3.05, 3.63) is 47.1 Å². The Morgan fingerprint density at radius 2 is 2.00 bits per heavy atom. The summed E-state index contributed by atoms with van der Waals surface area (Å²) in [5.74, 6) is 0. The number of hydrogen-bond acceptors (Lipinski definition) is 2. The van der Waals surface area contributed by atoms with Crippen molar-refractivity contribution in [2.75, 3.05) is 5.32 Å². The number of anilines is 1. The van der Waals surface area contributed by atoms with Crippen molar-refractivity contribution in [1.82, 2.24) is 9.55 Å². The van der Waals surface area contributed by atoms with E-state index in [4.69, 9.17) is 0 Å². The first-order valence-corrected chi connectivity index (χ1v) is 7.69. The van der Waals surface area contributed by atoms with Gasteiger partial charge in [-0.15, -0.1) is 0 Å². The van der Waals surface area contributed by atoms with E-state index in [-0.39, 0.29) is 5.69 Å². The van der Waals surface area contributed by atoms with Crippen LogP contribution in [0.3, 0.4) is 0 Å². The smallest absolute Gasteiger partial charge is 0.330 e. The highest BCUT2D eigenvalue weighted by Gasteiger charge is 2.31. The van der Waals surface area contributed by atoms with E-state index in [1.165, 1.54) is 25.7 Å². The number of rotatable bonds is 3. The van der Waals surface area contributed by atoms with E-state index in [1.54, 1.807) is 17.0 Å². The molecule has 0 saturated heterocycles. The molecule has 21 heavy (non-hydrogen) atoms. The van der Waals surface area contributed by atoms with E-state index < -0.39 is 0 Å². The lowest BCUT2D eigenvalue weighted by Crippen LogP contribution is -2.38. The van der Waals surface area contributed by atoms with Gasteiger partial charge >= 0.3 is 5.69 Å². The highest BCUT2D eigenvalue weighted by Crippen LogP contribution is 2.37. The number of benzene rings is 1. The minimum Gasteiger partial charge on any atom is -0.382 e. The quantitative estimate of drug-likeness (QED) is 0.906. The first kappa shape index (κ1) is 14.0. The topological polar surface area (TPSA) is 49.8 Å². The number of aromatic nitrogens is 2. The van der Waals surface area contributed by atoms with Crippen molar-refractivity contribution < 1.29 is 0 Å². The number of aromatic amines is 1. The second-order valence-electron chi connectivity index (χ2n) is 6.61. The van der Waals surface area contributed by atoms with Gasteiger partial charge in [0, 0.05) is 24.1 Å². The third-order valence-corrected chi connectivity index (χ3v) is 4.64. The number of imidazole rings is 1. The Labute approximate surface area is 125 Å². The molecule has 1 fully saturated rings. The zero-order chi connectivity index (χ0) is 14.9. The van der Waals surface area contributed by atoms with Crippen molar-refractivity contribution >= 4 is 5.69 Å². The third-order valence-electron chi connectivity index (χ3n) is 4.64. The van der Waals surface area contributed by atoms with E-state index in [0.717, 1.165) is 11.4 Å². The molecule has 4 heteroatoms. The molecule has 1 unspecified atom stereocenters. The largest absolute Gasteiger partial charge is 0.382 e. The van der Waals surface area contributed by atoms with Crippen LogP contribution in [0.1, 0.15) is 39.5 Å². The van der Waals surface area contributed by atoms with Gasteiger partial charge in [0.25, 0.3) is 0 Å². The summed E-state index contributed by atoms with van der Waals surface area (Å²) < 4.78 is 1.61. The molecule has 0 spiro atoms. The average molecular weight is 285 g/mol. The van der Waals surface area contributed by atoms with Crippen LogP contribution in [-0.2, 0) is 0 Å². The van der Waals surface area contributed by atoms with Gasteiger partial charge in [0.1, 0.15) is 0 Å². The maximum Gasteiger partial charge on any atom is 0.330 e. The molecule has 1 saturated carbocycles. The van der Waals surface area contributed by atoms with Gasteiger partial charge < -0.3 is 10.3 Å². The Kier molecular flexibility index (Phi) is 3.62. The summed E-state index contributed by atoms with van der Waals surface area (Å²) in [7, 11) is 0. The first-order valence-electron chi connectivity index (χ1n) is 7.69. The van der Waals surface area contributed by atoms with Crippen molar-refractivity contribution in [3.63, 3.8) is 0 Å². The Morgan fingerprint density at radius 1 is 1.24 bits per heavy atom. The van der Waals surface area contributed by atoms with Gasteiger partial charge in [0.05, 0.1) is 5.69 Å². The molecule has 3 rings (SSSR count). The van der Waals surface area contributed by atoms with E-state index in [2.05, 4.69) is 36.3 Å². The number of nitrogens with one attached hydrogen (secondary N) is 2. The minimum absolute atomic E-state index is 0.107. The fourth-order valence-corrected chi connectivity index (χ4v) is 3.20. The fourth-order valence-electron chi connectivity index (χ4n) is 3.20. The van der Waals surface area contributed by atoms with Gasteiger partial charge in [0.2, 0.25) is 0 Å². The summed E-state index contributed by atoms with van der Waals surface area (Å²) in [6, 6.07) is 8.59. The Morgan fingerprint density at radius 3 is 2.62 bits per heavy atom. The lowest BCUT2D eigenvalue weighted by atomic mass is 9.73. The van der Waals surface area contributed by atoms with Gasteiger partial charge in [-0.1, -0.05) is 26.7 Å². The van der Waals surface area contributed by atoms with Gasteiger partial charge in [-0.25, -0.2) is 4.79 Å². The Hall–Kier alpha value is -1.97. The molecule has 1 aromatic heterocycles. The number of H-pyrrole nitrogens is 1. The molecule has 0 radical (unpaired) electrons. The molecule has 0 aliphatic heterocycles. The minimum atomic E-state index is -0.107. The fraction of sp³-hybridized carbons (Fsp3) is 0.471. The van der Waals surface area contributed by atoms with E-state index in [0.29, 0.717) is 11.5 Å². The summed E-state index contributed by atoms with van der Waals surface area (Å²) in [6.45, 7) is 4.69. The van der Waals surface area contributed by atoms with Gasteiger partial charge in [-0.05, 0) is 42.5 Å². The summed E-state index contributed by atoms with van der Waals surface area (Å²) in [4.78, 5) is 14.2. The van der Waals surface area contributed by atoms with Crippen LogP contribution in [0, 0.1) is 5.41 Å². The van der Waals surface area contributed by atoms with Crippen LogP contribution in [-0.4, -0.2) is 15.6 Å². The van der Waals surface area contributed by atoms with E-state index in [9.17, 15) is 4.79 Å².